The van der Waals surface area contributed by atoms with E-state index in [0.717, 1.165) is 37.5 Å². The first kappa shape index (κ1) is 24.6. The van der Waals surface area contributed by atoms with Gasteiger partial charge in [-0.15, -0.1) is 35.0 Å². The minimum Gasteiger partial charge on any atom is -0.354 e. The van der Waals surface area contributed by atoms with Gasteiger partial charge in [-0.05, 0) is 18.8 Å². The number of nitrogens with zero attached hydrogens (tertiary/aromatic N) is 3. The second-order valence-corrected chi connectivity index (χ2v) is 6.58. The van der Waals surface area contributed by atoms with Gasteiger partial charge in [0.2, 0.25) is 11.8 Å². The third-order valence-electron chi connectivity index (χ3n) is 4.30. The van der Waals surface area contributed by atoms with Gasteiger partial charge < -0.3 is 20.9 Å². The first-order valence-corrected chi connectivity index (χ1v) is 8.70. The van der Waals surface area contributed by atoms with Crippen molar-refractivity contribution in [1.82, 2.24) is 25.4 Å². The van der Waals surface area contributed by atoms with Gasteiger partial charge in [0, 0.05) is 25.9 Å². The molecular weight excluding hydrogens is 379 g/mol. The zero-order chi connectivity index (χ0) is 17.5. The van der Waals surface area contributed by atoms with Crippen molar-refractivity contribution in [2.45, 2.75) is 58.5 Å². The highest BCUT2D eigenvalue weighted by atomic mass is 35.5. The molecule has 0 bridgehead atoms. The second-order valence-electron chi connectivity index (χ2n) is 6.58. The Bertz CT molecular complexity index is 579. The fourth-order valence-electron chi connectivity index (χ4n) is 2.69. The highest BCUT2D eigenvalue weighted by Crippen LogP contribution is 2.14. The third-order valence-corrected chi connectivity index (χ3v) is 4.30. The molecule has 1 aliphatic heterocycles. The lowest BCUT2D eigenvalue weighted by Crippen LogP contribution is -2.47. The molecule has 2 heterocycles. The van der Waals surface area contributed by atoms with Crippen LogP contribution in [0.2, 0.25) is 0 Å². The summed E-state index contributed by atoms with van der Waals surface area (Å²) in [6, 6.07) is -0.593. The van der Waals surface area contributed by atoms with Crippen LogP contribution in [0, 0.1) is 5.92 Å². The summed E-state index contributed by atoms with van der Waals surface area (Å²) in [7, 11) is 0. The number of nitrogens with one attached hydrogen (secondary N) is 2. The van der Waals surface area contributed by atoms with E-state index in [0.29, 0.717) is 13.0 Å². The highest BCUT2D eigenvalue weighted by molar-refractivity contribution is 5.87. The number of aryl methyl sites for hydroxylation is 1. The van der Waals surface area contributed by atoms with Crippen LogP contribution >= 0.6 is 24.8 Å². The van der Waals surface area contributed by atoms with Crippen molar-refractivity contribution in [2.24, 2.45) is 11.7 Å². The zero-order valence-electron chi connectivity index (χ0n) is 15.4. The molecule has 8 nitrogen and oxygen atoms in total. The van der Waals surface area contributed by atoms with Crippen LogP contribution in [0.3, 0.4) is 0 Å². The summed E-state index contributed by atoms with van der Waals surface area (Å²) < 4.78 is 2.17. The van der Waals surface area contributed by atoms with E-state index in [1.165, 1.54) is 6.42 Å². The molecule has 1 aliphatic rings. The monoisotopic (exact) mass is 408 g/mol. The largest absolute Gasteiger partial charge is 0.354 e. The summed E-state index contributed by atoms with van der Waals surface area (Å²) in [5.41, 5.74) is 5.73. The van der Waals surface area contributed by atoms with Gasteiger partial charge in [-0.1, -0.05) is 20.3 Å². The molecule has 1 atom stereocenters. The Balaban J connectivity index is 0.00000312. The number of halogens is 2. The number of carbonyl (C=O) groups is 2. The molecule has 26 heavy (non-hydrogen) atoms. The van der Waals surface area contributed by atoms with Gasteiger partial charge in [0.15, 0.2) is 0 Å². The normalized spacial score (nSPS) is 14.3. The van der Waals surface area contributed by atoms with Crippen molar-refractivity contribution < 1.29 is 9.59 Å². The maximum absolute atomic E-state index is 11.8. The minimum absolute atomic E-state index is 0. The van der Waals surface area contributed by atoms with Crippen LogP contribution in [-0.2, 0) is 29.0 Å². The van der Waals surface area contributed by atoms with Crippen LogP contribution in [-0.4, -0.2) is 45.7 Å². The SMILES string of the molecule is CC(C)[C@H](N)C(=O)NCC(=O)NCCc1nnc2n1CCCCC2.Cl.Cl. The molecule has 1 aromatic heterocycles. The maximum atomic E-state index is 11.8. The van der Waals surface area contributed by atoms with Crippen molar-refractivity contribution in [1.29, 1.82) is 0 Å². The Hall–Kier alpha value is -1.38. The number of hydrogen-bond acceptors (Lipinski definition) is 5. The lowest BCUT2D eigenvalue weighted by atomic mass is 10.1. The standard InChI is InChI=1S/C16H28N6O2.2ClH/c1-11(2)15(17)16(24)19-10-14(23)18-8-7-13-21-20-12-6-4-3-5-9-22(12)13;;/h11,15H,3-10,17H2,1-2H3,(H,18,23)(H,19,24);2*1H/t15-;;/m0../s1. The van der Waals surface area contributed by atoms with Crippen LogP contribution in [0.15, 0.2) is 0 Å². The summed E-state index contributed by atoms with van der Waals surface area (Å²) in [5, 5.41) is 13.8. The number of fused-ring (bicyclic) bond motifs is 1. The molecule has 150 valence electrons. The van der Waals surface area contributed by atoms with Gasteiger partial charge in [0.25, 0.3) is 0 Å². The summed E-state index contributed by atoms with van der Waals surface area (Å²) in [4.78, 5) is 23.5. The quantitative estimate of drug-likeness (QED) is 0.610. The van der Waals surface area contributed by atoms with Crippen molar-refractivity contribution in [3.63, 3.8) is 0 Å². The Labute approximate surface area is 166 Å². The Kier molecular flexibility index (Phi) is 11.4. The van der Waals surface area contributed by atoms with E-state index in [1.54, 1.807) is 0 Å². The fourth-order valence-corrected chi connectivity index (χ4v) is 2.69. The van der Waals surface area contributed by atoms with Gasteiger partial charge in [0.1, 0.15) is 11.6 Å². The van der Waals surface area contributed by atoms with Gasteiger partial charge in [-0.2, -0.15) is 0 Å². The van der Waals surface area contributed by atoms with Crippen LogP contribution < -0.4 is 16.4 Å². The minimum atomic E-state index is -0.593. The molecular formula is C16H30Cl2N6O2. The molecule has 0 radical (unpaired) electrons. The molecule has 0 fully saturated rings. The van der Waals surface area contributed by atoms with Gasteiger partial charge in [-0.3, -0.25) is 9.59 Å². The number of rotatable bonds is 7. The summed E-state index contributed by atoms with van der Waals surface area (Å²) in [6.45, 7) is 5.10. The first-order chi connectivity index (χ1) is 11.5. The molecule has 2 amide bonds. The highest BCUT2D eigenvalue weighted by Gasteiger charge is 2.18. The third kappa shape index (κ3) is 7.09. The average Bonchev–Trinajstić information content (AvgIpc) is 2.79. The molecule has 10 heteroatoms. The molecule has 0 aliphatic carbocycles. The second kappa shape index (κ2) is 12.1. The van der Waals surface area contributed by atoms with E-state index in [2.05, 4.69) is 25.4 Å². The molecule has 1 aromatic rings. The smallest absolute Gasteiger partial charge is 0.239 e. The van der Waals surface area contributed by atoms with E-state index in [4.69, 9.17) is 5.73 Å². The van der Waals surface area contributed by atoms with Gasteiger partial charge in [-0.25, -0.2) is 0 Å². The molecule has 0 saturated carbocycles. The predicted molar refractivity (Wildman–Crippen MR) is 105 cm³/mol. The lowest BCUT2D eigenvalue weighted by Gasteiger charge is -2.15. The number of nitrogens with two attached hydrogens (primary N) is 1. The van der Waals surface area contributed by atoms with Gasteiger partial charge in [0.05, 0.1) is 12.6 Å². The summed E-state index contributed by atoms with van der Waals surface area (Å²) >= 11 is 0. The number of carbonyl (C=O) groups excluding carboxylic acids is 2. The van der Waals surface area contributed by atoms with E-state index < -0.39 is 6.04 Å². The van der Waals surface area contributed by atoms with E-state index in [-0.39, 0.29) is 49.1 Å². The number of hydrogen-bond donors (Lipinski definition) is 3. The van der Waals surface area contributed by atoms with Crippen molar-refractivity contribution in [3.05, 3.63) is 11.6 Å². The molecule has 2 rings (SSSR count). The average molecular weight is 409 g/mol. The Morgan fingerprint density at radius 3 is 2.58 bits per heavy atom. The van der Waals surface area contributed by atoms with Gasteiger partial charge >= 0.3 is 0 Å². The van der Waals surface area contributed by atoms with Crippen molar-refractivity contribution in [3.8, 4) is 0 Å². The molecule has 0 saturated heterocycles. The van der Waals surface area contributed by atoms with E-state index in [9.17, 15) is 9.59 Å². The van der Waals surface area contributed by atoms with Crippen molar-refractivity contribution in [2.75, 3.05) is 13.1 Å². The van der Waals surface area contributed by atoms with Crippen molar-refractivity contribution >= 4 is 36.6 Å². The summed E-state index contributed by atoms with van der Waals surface area (Å²) in [6.07, 6.45) is 5.14. The molecule has 0 aromatic carbocycles. The van der Waals surface area contributed by atoms with E-state index >= 15 is 0 Å². The lowest BCUT2D eigenvalue weighted by molar-refractivity contribution is -0.127. The first-order valence-electron chi connectivity index (χ1n) is 8.70. The molecule has 0 unspecified atom stereocenters. The van der Waals surface area contributed by atoms with E-state index in [1.807, 2.05) is 13.8 Å². The zero-order valence-corrected chi connectivity index (χ0v) is 17.0. The van der Waals surface area contributed by atoms with Crippen LogP contribution in [0.1, 0.15) is 44.8 Å². The number of aromatic nitrogens is 3. The Morgan fingerprint density at radius 2 is 1.88 bits per heavy atom. The molecule has 4 N–H and O–H groups in total. The predicted octanol–water partition coefficient (Wildman–Crippen LogP) is 0.606. The Morgan fingerprint density at radius 1 is 1.15 bits per heavy atom. The van der Waals surface area contributed by atoms with Crippen LogP contribution in [0.5, 0.6) is 0 Å². The maximum Gasteiger partial charge on any atom is 0.239 e. The fraction of sp³-hybridized carbons (Fsp3) is 0.750. The topological polar surface area (TPSA) is 115 Å². The number of amides is 2. The summed E-state index contributed by atoms with van der Waals surface area (Å²) in [5.74, 6) is 1.47. The van der Waals surface area contributed by atoms with Crippen LogP contribution in [0.25, 0.3) is 0 Å². The van der Waals surface area contributed by atoms with Crippen LogP contribution in [0.4, 0.5) is 0 Å². The molecule has 0 spiro atoms.